The van der Waals surface area contributed by atoms with Gasteiger partial charge in [0.2, 0.25) is 5.75 Å². The molecule has 0 unspecified atom stereocenters. The smallest absolute Gasteiger partial charge is 0.339 e. The summed E-state index contributed by atoms with van der Waals surface area (Å²) in [5, 5.41) is 40.0. The number of nitrogens with zero attached hydrogens (tertiary/aromatic N) is 2. The minimum atomic E-state index is -1.55. The molecule has 0 aliphatic heterocycles. The number of rotatable bonds is 6. The molecular weight excluding hydrogens is 324 g/mol. The van der Waals surface area contributed by atoms with Crippen molar-refractivity contribution in [2.75, 3.05) is 0 Å². The Morgan fingerprint density at radius 3 is 2.21 bits per heavy atom. The zero-order valence-electron chi connectivity index (χ0n) is 11.9. The fraction of sp³-hybridized carbons (Fsp3) is 0.0714. The van der Waals surface area contributed by atoms with Crippen LogP contribution in [0.15, 0.2) is 36.4 Å². The van der Waals surface area contributed by atoms with Crippen LogP contribution >= 0.6 is 0 Å². The van der Waals surface area contributed by atoms with E-state index in [9.17, 15) is 30.1 Å². The highest BCUT2D eigenvalue weighted by Crippen LogP contribution is 2.34. The molecule has 0 spiro atoms. The summed E-state index contributed by atoms with van der Waals surface area (Å²) in [5.41, 5.74) is -1.03. The summed E-state index contributed by atoms with van der Waals surface area (Å²) in [4.78, 5) is 30.9. The van der Waals surface area contributed by atoms with Crippen LogP contribution in [0.3, 0.4) is 0 Å². The summed E-state index contributed by atoms with van der Waals surface area (Å²) >= 11 is 0. The van der Waals surface area contributed by atoms with Crippen LogP contribution in [0.2, 0.25) is 0 Å². The first-order valence-corrected chi connectivity index (χ1v) is 6.40. The molecule has 0 saturated heterocycles. The Hall–Kier alpha value is -3.69. The van der Waals surface area contributed by atoms with Crippen LogP contribution in [0, 0.1) is 20.2 Å². The lowest BCUT2D eigenvalue weighted by Gasteiger charge is -2.08. The number of aromatic carboxylic acids is 1. The minimum Gasteiger partial charge on any atom is -0.501 e. The average molecular weight is 334 g/mol. The number of hydrogen-bond donors (Lipinski definition) is 2. The van der Waals surface area contributed by atoms with E-state index in [2.05, 4.69) is 0 Å². The molecule has 124 valence electrons. The van der Waals surface area contributed by atoms with E-state index in [1.165, 1.54) is 24.3 Å². The molecular formula is C14H10N2O8. The average Bonchev–Trinajstić information content (AvgIpc) is 2.53. The molecule has 0 bridgehead atoms. The molecule has 2 N–H and O–H groups in total. The third kappa shape index (κ3) is 3.55. The lowest BCUT2D eigenvalue weighted by atomic mass is 10.1. The van der Waals surface area contributed by atoms with Gasteiger partial charge in [0.1, 0.15) is 17.9 Å². The Balaban J connectivity index is 2.24. The van der Waals surface area contributed by atoms with Gasteiger partial charge < -0.3 is 14.9 Å². The van der Waals surface area contributed by atoms with Crippen molar-refractivity contribution in [2.45, 2.75) is 6.61 Å². The predicted molar refractivity (Wildman–Crippen MR) is 79.1 cm³/mol. The molecule has 0 saturated carbocycles. The third-order valence-electron chi connectivity index (χ3n) is 3.04. The van der Waals surface area contributed by atoms with Gasteiger partial charge in [-0.1, -0.05) is 0 Å². The van der Waals surface area contributed by atoms with Crippen molar-refractivity contribution >= 4 is 17.3 Å². The summed E-state index contributed by atoms with van der Waals surface area (Å²) in [5.74, 6) is -2.64. The van der Waals surface area contributed by atoms with E-state index in [0.29, 0.717) is 5.56 Å². The summed E-state index contributed by atoms with van der Waals surface area (Å²) in [6.07, 6.45) is 0. The highest BCUT2D eigenvalue weighted by Gasteiger charge is 2.23. The van der Waals surface area contributed by atoms with Crippen LogP contribution in [0.4, 0.5) is 11.4 Å². The fourth-order valence-corrected chi connectivity index (χ4v) is 1.86. The SMILES string of the molecule is O=C(O)c1cc(OCc2ccc([N+](=O)[O-])cc2)cc([N+](=O)[O-])c1O. The van der Waals surface area contributed by atoms with Crippen LogP contribution < -0.4 is 4.74 Å². The van der Waals surface area contributed by atoms with E-state index in [1.807, 2.05) is 0 Å². The van der Waals surface area contributed by atoms with Crippen LogP contribution in [0.1, 0.15) is 15.9 Å². The monoisotopic (exact) mass is 334 g/mol. The topological polar surface area (TPSA) is 153 Å². The van der Waals surface area contributed by atoms with Gasteiger partial charge in [-0.05, 0) is 23.8 Å². The van der Waals surface area contributed by atoms with Crippen molar-refractivity contribution in [3.05, 3.63) is 67.8 Å². The second-order valence-electron chi connectivity index (χ2n) is 4.61. The van der Waals surface area contributed by atoms with Crippen LogP contribution in [-0.2, 0) is 6.61 Å². The first-order chi connectivity index (χ1) is 11.3. The van der Waals surface area contributed by atoms with Gasteiger partial charge in [-0.3, -0.25) is 20.2 Å². The molecule has 0 aliphatic carbocycles. The number of non-ortho nitro benzene ring substituents is 1. The number of hydrogen-bond acceptors (Lipinski definition) is 7. The Labute approximate surface area is 133 Å². The zero-order valence-corrected chi connectivity index (χ0v) is 11.9. The van der Waals surface area contributed by atoms with Crippen molar-refractivity contribution in [3.8, 4) is 11.5 Å². The number of phenols is 1. The number of aromatic hydroxyl groups is 1. The molecule has 0 radical (unpaired) electrons. The van der Waals surface area contributed by atoms with Crippen LogP contribution in [-0.4, -0.2) is 26.0 Å². The van der Waals surface area contributed by atoms with Crippen molar-refractivity contribution in [1.82, 2.24) is 0 Å². The number of carboxylic acid groups (broad SMARTS) is 1. The molecule has 10 nitrogen and oxygen atoms in total. The van der Waals surface area contributed by atoms with Gasteiger partial charge >= 0.3 is 11.7 Å². The lowest BCUT2D eigenvalue weighted by Crippen LogP contribution is -2.02. The molecule has 0 aliphatic rings. The molecule has 10 heteroatoms. The lowest BCUT2D eigenvalue weighted by molar-refractivity contribution is -0.386. The first-order valence-electron chi connectivity index (χ1n) is 6.40. The Bertz CT molecular complexity index is 781. The quantitative estimate of drug-likeness (QED) is 0.603. The Morgan fingerprint density at radius 1 is 1.08 bits per heavy atom. The van der Waals surface area contributed by atoms with Crippen molar-refractivity contribution in [1.29, 1.82) is 0 Å². The number of nitro benzene ring substituents is 2. The summed E-state index contributed by atoms with van der Waals surface area (Å²) < 4.78 is 5.28. The Kier molecular flexibility index (Phi) is 4.59. The van der Waals surface area contributed by atoms with Gasteiger partial charge in [0, 0.05) is 12.1 Å². The standard InChI is InChI=1S/C14H10N2O8/c17-13-11(14(18)19)5-10(6-12(13)16(22)23)24-7-8-1-3-9(4-2-8)15(20)21/h1-6,17H,7H2,(H,18,19). The highest BCUT2D eigenvalue weighted by molar-refractivity contribution is 5.93. The number of ether oxygens (including phenoxy) is 1. The maximum Gasteiger partial charge on any atom is 0.339 e. The van der Waals surface area contributed by atoms with E-state index in [-0.39, 0.29) is 18.0 Å². The molecule has 2 aromatic rings. The maximum absolute atomic E-state index is 11.0. The molecule has 2 aromatic carbocycles. The van der Waals surface area contributed by atoms with Crippen LogP contribution in [0.25, 0.3) is 0 Å². The molecule has 24 heavy (non-hydrogen) atoms. The highest BCUT2D eigenvalue weighted by atomic mass is 16.6. The van der Waals surface area contributed by atoms with Gasteiger partial charge in [0.15, 0.2) is 0 Å². The maximum atomic E-state index is 11.0. The van der Waals surface area contributed by atoms with Crippen molar-refractivity contribution < 1.29 is 29.6 Å². The van der Waals surface area contributed by atoms with E-state index in [4.69, 9.17) is 9.84 Å². The van der Waals surface area contributed by atoms with E-state index in [0.717, 1.165) is 12.1 Å². The van der Waals surface area contributed by atoms with E-state index < -0.39 is 32.8 Å². The third-order valence-corrected chi connectivity index (χ3v) is 3.04. The second-order valence-corrected chi connectivity index (χ2v) is 4.61. The summed E-state index contributed by atoms with van der Waals surface area (Å²) in [7, 11) is 0. The van der Waals surface area contributed by atoms with Gasteiger partial charge in [-0.2, -0.15) is 0 Å². The number of carboxylic acids is 1. The molecule has 0 amide bonds. The van der Waals surface area contributed by atoms with Crippen LogP contribution in [0.5, 0.6) is 11.5 Å². The number of nitro groups is 2. The van der Waals surface area contributed by atoms with E-state index >= 15 is 0 Å². The van der Waals surface area contributed by atoms with Gasteiger partial charge in [0.25, 0.3) is 5.69 Å². The predicted octanol–water partition coefficient (Wildman–Crippen LogP) is 2.49. The van der Waals surface area contributed by atoms with Gasteiger partial charge in [-0.15, -0.1) is 0 Å². The first kappa shape index (κ1) is 16.7. The zero-order chi connectivity index (χ0) is 17.9. The Morgan fingerprint density at radius 2 is 1.71 bits per heavy atom. The number of benzene rings is 2. The van der Waals surface area contributed by atoms with Crippen molar-refractivity contribution in [2.24, 2.45) is 0 Å². The summed E-state index contributed by atoms with van der Waals surface area (Å²) in [6.45, 7) is -0.0982. The molecule has 2 rings (SSSR count). The van der Waals surface area contributed by atoms with E-state index in [1.54, 1.807) is 0 Å². The number of carbonyl (C=O) groups is 1. The molecule has 0 atom stereocenters. The normalized spacial score (nSPS) is 10.2. The van der Waals surface area contributed by atoms with Crippen molar-refractivity contribution in [3.63, 3.8) is 0 Å². The second kappa shape index (κ2) is 6.60. The largest absolute Gasteiger partial charge is 0.501 e. The van der Waals surface area contributed by atoms with Gasteiger partial charge in [-0.25, -0.2) is 4.79 Å². The van der Waals surface area contributed by atoms with Gasteiger partial charge in [0.05, 0.1) is 15.9 Å². The molecule has 0 heterocycles. The molecule has 0 fully saturated rings. The summed E-state index contributed by atoms with van der Waals surface area (Å²) in [6, 6.07) is 7.25. The fourth-order valence-electron chi connectivity index (χ4n) is 1.86. The minimum absolute atomic E-state index is 0.0982. The molecule has 0 aromatic heterocycles.